The topological polar surface area (TPSA) is 201 Å². The van der Waals surface area contributed by atoms with Crippen molar-refractivity contribution in [2.45, 2.75) is 25.0 Å². The van der Waals surface area contributed by atoms with Crippen molar-refractivity contribution >= 4 is 99.4 Å². The van der Waals surface area contributed by atoms with Crippen LogP contribution in [-0.2, 0) is 19.2 Å². The van der Waals surface area contributed by atoms with Gasteiger partial charge in [0.05, 0.1) is 24.1 Å². The molecule has 20 heavy (non-hydrogen) atoms. The SMILES string of the molecule is O=C([O-])C[C@@H](O)C(=O)[O-].O=C([O-])C[C@@H](O)C(=O)[O-].[Ca+2].[Ca+2]. The van der Waals surface area contributed by atoms with Gasteiger partial charge in [-0.3, -0.25) is 0 Å². The van der Waals surface area contributed by atoms with Gasteiger partial charge in [-0.05, 0) is 0 Å². The van der Waals surface area contributed by atoms with Gasteiger partial charge in [0.1, 0.15) is 0 Å². The van der Waals surface area contributed by atoms with Gasteiger partial charge in [0.25, 0.3) is 0 Å². The van der Waals surface area contributed by atoms with E-state index in [1.54, 1.807) is 0 Å². The molecule has 0 aliphatic carbocycles. The second kappa shape index (κ2) is 15.7. The number of aliphatic hydroxyl groups excluding tert-OH is 2. The van der Waals surface area contributed by atoms with Crippen LogP contribution in [0.3, 0.4) is 0 Å². The van der Waals surface area contributed by atoms with Crippen LogP contribution >= 0.6 is 0 Å². The molecule has 0 fully saturated rings. The molecule has 0 rings (SSSR count). The molecule has 2 N–H and O–H groups in total. The Bertz CT molecular complexity index is 299. The maximum Gasteiger partial charge on any atom is 2.00 e. The monoisotopic (exact) mass is 344 g/mol. The van der Waals surface area contributed by atoms with Gasteiger partial charge in [-0.1, -0.05) is 0 Å². The second-order valence-corrected chi connectivity index (χ2v) is 2.82. The molecule has 0 amide bonds. The molecule has 0 unspecified atom stereocenters. The van der Waals surface area contributed by atoms with E-state index in [1.807, 2.05) is 0 Å². The summed E-state index contributed by atoms with van der Waals surface area (Å²) in [6.07, 6.45) is -5.78. The molecule has 12 heteroatoms. The van der Waals surface area contributed by atoms with Gasteiger partial charge >= 0.3 is 75.5 Å². The molecule has 0 aliphatic heterocycles. The van der Waals surface area contributed by atoms with Crippen molar-refractivity contribution in [2.24, 2.45) is 0 Å². The van der Waals surface area contributed by atoms with Crippen LogP contribution in [0.2, 0.25) is 0 Å². The van der Waals surface area contributed by atoms with Gasteiger partial charge in [-0.25, -0.2) is 0 Å². The van der Waals surface area contributed by atoms with Crippen LogP contribution in [0.15, 0.2) is 0 Å². The van der Waals surface area contributed by atoms with Crippen LogP contribution in [0.1, 0.15) is 12.8 Å². The summed E-state index contributed by atoms with van der Waals surface area (Å²) in [5, 5.41) is 54.7. The maximum atomic E-state index is 9.58. The molecule has 10 nitrogen and oxygen atoms in total. The summed E-state index contributed by atoms with van der Waals surface area (Å²) in [5.41, 5.74) is 0. The Morgan fingerprint density at radius 3 is 0.950 bits per heavy atom. The van der Waals surface area contributed by atoms with Crippen molar-refractivity contribution in [3.05, 3.63) is 0 Å². The molecule has 0 aromatic heterocycles. The molecular weight excluding hydrogens is 336 g/mol. The molecular formula is C8H8Ca2O10. The molecule has 0 spiro atoms. The van der Waals surface area contributed by atoms with E-state index in [4.69, 9.17) is 10.2 Å². The fourth-order valence-corrected chi connectivity index (χ4v) is 0.482. The summed E-state index contributed by atoms with van der Waals surface area (Å²) in [7, 11) is 0. The molecule has 0 radical (unpaired) electrons. The number of rotatable bonds is 6. The van der Waals surface area contributed by atoms with Crippen molar-refractivity contribution in [3.63, 3.8) is 0 Å². The van der Waals surface area contributed by atoms with Crippen LogP contribution in [-0.4, -0.2) is 122 Å². The predicted molar refractivity (Wildman–Crippen MR) is 52.8 cm³/mol. The minimum Gasteiger partial charge on any atom is -0.550 e. The van der Waals surface area contributed by atoms with E-state index in [0.29, 0.717) is 0 Å². The van der Waals surface area contributed by atoms with Crippen molar-refractivity contribution in [3.8, 4) is 0 Å². The van der Waals surface area contributed by atoms with E-state index < -0.39 is 48.9 Å². The summed E-state index contributed by atoms with van der Waals surface area (Å²) in [6, 6.07) is 0. The molecule has 0 bridgehead atoms. The number of hydrogen-bond acceptors (Lipinski definition) is 10. The summed E-state index contributed by atoms with van der Waals surface area (Å²) in [5.74, 6) is -6.85. The standard InChI is InChI=1S/2C4H6O5.2Ca/c2*5-2(4(8)9)1-3(6)7;;/h2*2,5H,1H2,(H,6,7)(H,8,9);;/q;;2*+2/p-4/t2*2-;;/m11../s1. The predicted octanol–water partition coefficient (Wildman–Crippen LogP) is -8.29. The Morgan fingerprint density at radius 2 is 0.900 bits per heavy atom. The van der Waals surface area contributed by atoms with Gasteiger partial charge in [0.15, 0.2) is 0 Å². The summed E-state index contributed by atoms with van der Waals surface area (Å²) in [4.78, 5) is 38.3. The van der Waals surface area contributed by atoms with Gasteiger partial charge in [0.2, 0.25) is 0 Å². The van der Waals surface area contributed by atoms with Gasteiger partial charge < -0.3 is 49.8 Å². The third-order valence-corrected chi connectivity index (χ3v) is 1.26. The second-order valence-electron chi connectivity index (χ2n) is 2.82. The summed E-state index contributed by atoms with van der Waals surface area (Å²) in [6.45, 7) is 0. The number of carboxylic acids is 4. The van der Waals surface area contributed by atoms with Gasteiger partial charge in [0, 0.05) is 24.8 Å². The van der Waals surface area contributed by atoms with E-state index in [-0.39, 0.29) is 75.5 Å². The Kier molecular flexibility index (Phi) is 22.4. The zero-order valence-corrected chi connectivity index (χ0v) is 14.6. The maximum absolute atomic E-state index is 9.58. The zero-order valence-electron chi connectivity index (χ0n) is 10.1. The smallest absolute Gasteiger partial charge is 0.550 e. The minimum atomic E-state index is -1.96. The molecule has 0 saturated carbocycles. The minimum absolute atomic E-state index is 0. The van der Waals surface area contributed by atoms with Gasteiger partial charge in [-0.2, -0.15) is 0 Å². The molecule has 0 heterocycles. The third-order valence-electron chi connectivity index (χ3n) is 1.26. The van der Waals surface area contributed by atoms with Crippen molar-refractivity contribution in [1.29, 1.82) is 0 Å². The molecule has 0 saturated heterocycles. The molecule has 0 aromatic rings. The third kappa shape index (κ3) is 20.6. The number of aliphatic carboxylic acids is 4. The molecule has 104 valence electrons. The van der Waals surface area contributed by atoms with Crippen LogP contribution in [0.5, 0.6) is 0 Å². The van der Waals surface area contributed by atoms with Crippen LogP contribution in [0.4, 0.5) is 0 Å². The quantitative estimate of drug-likeness (QED) is 0.435. The van der Waals surface area contributed by atoms with E-state index in [9.17, 15) is 39.6 Å². The Morgan fingerprint density at radius 1 is 0.700 bits per heavy atom. The van der Waals surface area contributed by atoms with Crippen molar-refractivity contribution < 1.29 is 49.8 Å². The molecule has 0 aromatic carbocycles. The Labute approximate surface area is 172 Å². The molecule has 0 aliphatic rings. The Hall–Kier alpha value is 0.319. The van der Waals surface area contributed by atoms with Gasteiger partial charge in [-0.15, -0.1) is 0 Å². The van der Waals surface area contributed by atoms with E-state index in [0.717, 1.165) is 0 Å². The summed E-state index contributed by atoms with van der Waals surface area (Å²) < 4.78 is 0. The van der Waals surface area contributed by atoms with E-state index in [2.05, 4.69) is 0 Å². The first kappa shape index (κ1) is 28.5. The Balaban J connectivity index is -0.000000116. The first-order valence-corrected chi connectivity index (χ1v) is 4.25. The van der Waals surface area contributed by atoms with Crippen molar-refractivity contribution in [2.75, 3.05) is 0 Å². The van der Waals surface area contributed by atoms with Crippen LogP contribution < -0.4 is 20.4 Å². The number of carbonyl (C=O) groups excluding carboxylic acids is 4. The largest absolute Gasteiger partial charge is 2.00 e. The first-order chi connectivity index (χ1) is 8.07. The molecule has 2 atom stereocenters. The van der Waals surface area contributed by atoms with Crippen LogP contribution in [0.25, 0.3) is 0 Å². The normalized spacial score (nSPS) is 11.3. The van der Waals surface area contributed by atoms with E-state index in [1.165, 1.54) is 0 Å². The average Bonchev–Trinajstić information content (AvgIpc) is 2.16. The number of hydrogen-bond donors (Lipinski definition) is 2. The van der Waals surface area contributed by atoms with Crippen LogP contribution in [0, 0.1) is 0 Å². The van der Waals surface area contributed by atoms with Crippen molar-refractivity contribution in [1.82, 2.24) is 0 Å². The average molecular weight is 344 g/mol. The van der Waals surface area contributed by atoms with E-state index >= 15 is 0 Å². The zero-order chi connectivity index (χ0) is 14.9. The fourth-order valence-electron chi connectivity index (χ4n) is 0.482. The number of carbonyl (C=O) groups is 4. The number of carboxylic acid groups (broad SMARTS) is 4. The fraction of sp³-hybridized carbons (Fsp3) is 0.500. The first-order valence-electron chi connectivity index (χ1n) is 4.25. The number of aliphatic hydroxyl groups is 2. The summed E-state index contributed by atoms with van der Waals surface area (Å²) >= 11 is 0.